The maximum atomic E-state index is 12.8. The molecule has 0 aromatic heterocycles. The quantitative estimate of drug-likeness (QED) is 0.579. The highest BCUT2D eigenvalue weighted by Crippen LogP contribution is 2.15. The first-order valence-electron chi connectivity index (χ1n) is 4.99. The van der Waals surface area contributed by atoms with Gasteiger partial charge in [-0.1, -0.05) is 23.7 Å². The van der Waals surface area contributed by atoms with E-state index in [4.69, 9.17) is 11.6 Å². The minimum atomic E-state index is -0.368. The normalized spacial score (nSPS) is 10.3. The molecule has 15 heavy (non-hydrogen) atoms. The van der Waals surface area contributed by atoms with Gasteiger partial charge in [0, 0.05) is 6.54 Å². The Morgan fingerprint density at radius 2 is 2.27 bits per heavy atom. The van der Waals surface area contributed by atoms with Crippen molar-refractivity contribution in [3.8, 4) is 0 Å². The Hall–Kier alpha value is -0.860. The molecule has 82 valence electrons. The van der Waals surface area contributed by atoms with E-state index in [1.807, 2.05) is 6.08 Å². The average molecular weight is 228 g/mol. The summed E-state index contributed by atoms with van der Waals surface area (Å²) in [6, 6.07) is 4.78. The van der Waals surface area contributed by atoms with Gasteiger partial charge in [-0.15, -0.1) is 6.58 Å². The van der Waals surface area contributed by atoms with Gasteiger partial charge < -0.3 is 5.32 Å². The van der Waals surface area contributed by atoms with Crippen LogP contribution in [0.3, 0.4) is 0 Å². The molecule has 0 saturated heterocycles. The van der Waals surface area contributed by atoms with Gasteiger partial charge in [0.25, 0.3) is 0 Å². The molecule has 0 atom stereocenters. The third-order valence-electron chi connectivity index (χ3n) is 2.07. The second-order valence-electron chi connectivity index (χ2n) is 3.36. The van der Waals surface area contributed by atoms with Crippen LogP contribution in [0.1, 0.15) is 18.4 Å². The second-order valence-corrected chi connectivity index (χ2v) is 3.76. The lowest BCUT2D eigenvalue weighted by Gasteiger charge is -2.04. The SMILES string of the molecule is C=CCCCNCc1ccc(F)c(Cl)c1. The fourth-order valence-corrected chi connectivity index (χ4v) is 1.46. The van der Waals surface area contributed by atoms with Crippen molar-refractivity contribution in [2.45, 2.75) is 19.4 Å². The number of hydrogen-bond acceptors (Lipinski definition) is 1. The molecular weight excluding hydrogens is 213 g/mol. The van der Waals surface area contributed by atoms with E-state index in [9.17, 15) is 4.39 Å². The van der Waals surface area contributed by atoms with Crippen molar-refractivity contribution in [2.75, 3.05) is 6.54 Å². The van der Waals surface area contributed by atoms with Crippen molar-refractivity contribution in [1.29, 1.82) is 0 Å². The summed E-state index contributed by atoms with van der Waals surface area (Å²) in [6.07, 6.45) is 3.98. The zero-order chi connectivity index (χ0) is 11.1. The molecule has 3 heteroatoms. The first-order valence-corrected chi connectivity index (χ1v) is 5.37. The maximum absolute atomic E-state index is 12.8. The average Bonchev–Trinajstić information content (AvgIpc) is 2.23. The number of nitrogens with one attached hydrogen (secondary N) is 1. The van der Waals surface area contributed by atoms with E-state index in [0.717, 1.165) is 31.5 Å². The first-order chi connectivity index (χ1) is 7.24. The molecule has 0 saturated carbocycles. The predicted octanol–water partition coefficient (Wildman–Crippen LogP) is 3.53. The van der Waals surface area contributed by atoms with Crippen LogP contribution in [-0.2, 0) is 6.54 Å². The molecule has 1 N–H and O–H groups in total. The summed E-state index contributed by atoms with van der Waals surface area (Å²) in [5.74, 6) is -0.368. The van der Waals surface area contributed by atoms with Crippen molar-refractivity contribution in [3.63, 3.8) is 0 Å². The molecule has 0 unspecified atom stereocenters. The Morgan fingerprint density at radius 1 is 1.47 bits per heavy atom. The molecule has 1 aromatic carbocycles. The number of allylic oxidation sites excluding steroid dienone is 1. The van der Waals surface area contributed by atoms with Gasteiger partial charge in [-0.25, -0.2) is 4.39 Å². The van der Waals surface area contributed by atoms with Gasteiger partial charge >= 0.3 is 0 Å². The highest BCUT2D eigenvalue weighted by Gasteiger charge is 1.99. The standard InChI is InChI=1S/C12H15ClFN/c1-2-3-4-7-15-9-10-5-6-12(14)11(13)8-10/h2,5-6,8,15H,1,3-4,7,9H2. The zero-order valence-corrected chi connectivity index (χ0v) is 9.36. The zero-order valence-electron chi connectivity index (χ0n) is 8.60. The smallest absolute Gasteiger partial charge is 0.141 e. The molecule has 0 spiro atoms. The molecule has 0 radical (unpaired) electrons. The van der Waals surface area contributed by atoms with Gasteiger partial charge in [-0.3, -0.25) is 0 Å². The molecule has 0 aliphatic rings. The minimum absolute atomic E-state index is 0.181. The van der Waals surface area contributed by atoms with Crippen molar-refractivity contribution in [2.24, 2.45) is 0 Å². The minimum Gasteiger partial charge on any atom is -0.313 e. The van der Waals surface area contributed by atoms with Crippen LogP contribution >= 0.6 is 11.6 Å². The fraction of sp³-hybridized carbons (Fsp3) is 0.333. The summed E-state index contributed by atoms with van der Waals surface area (Å²) in [7, 11) is 0. The highest BCUT2D eigenvalue weighted by molar-refractivity contribution is 6.30. The van der Waals surface area contributed by atoms with Crippen LogP contribution in [0.2, 0.25) is 5.02 Å². The molecule has 1 rings (SSSR count). The summed E-state index contributed by atoms with van der Waals surface area (Å²) in [6.45, 7) is 5.30. The lowest BCUT2D eigenvalue weighted by Crippen LogP contribution is -2.14. The van der Waals surface area contributed by atoms with Crippen molar-refractivity contribution < 1.29 is 4.39 Å². The Kier molecular flexibility index (Phi) is 5.37. The lowest BCUT2D eigenvalue weighted by atomic mass is 10.2. The molecule has 0 amide bonds. The first kappa shape index (κ1) is 12.2. The van der Waals surface area contributed by atoms with Gasteiger partial charge in [0.1, 0.15) is 5.82 Å². The molecule has 0 heterocycles. The number of hydrogen-bond donors (Lipinski definition) is 1. The summed E-state index contributed by atoms with van der Waals surface area (Å²) in [4.78, 5) is 0. The summed E-state index contributed by atoms with van der Waals surface area (Å²) in [5, 5.41) is 3.44. The van der Waals surface area contributed by atoms with Gasteiger partial charge in [-0.05, 0) is 37.1 Å². The summed E-state index contributed by atoms with van der Waals surface area (Å²) < 4.78 is 12.8. The van der Waals surface area contributed by atoms with Crippen LogP contribution in [0.5, 0.6) is 0 Å². The molecule has 0 fully saturated rings. The van der Waals surface area contributed by atoms with E-state index in [1.54, 1.807) is 12.1 Å². The Bertz CT molecular complexity index is 325. The summed E-state index contributed by atoms with van der Waals surface area (Å²) >= 11 is 5.66. The number of rotatable bonds is 6. The Labute approximate surface area is 95.0 Å². The van der Waals surface area contributed by atoms with Crippen molar-refractivity contribution in [3.05, 3.63) is 47.3 Å². The van der Waals surface area contributed by atoms with E-state index < -0.39 is 0 Å². The van der Waals surface area contributed by atoms with Gasteiger partial charge in [0.2, 0.25) is 0 Å². The van der Waals surface area contributed by atoms with Crippen LogP contribution in [0.25, 0.3) is 0 Å². The topological polar surface area (TPSA) is 12.0 Å². The van der Waals surface area contributed by atoms with E-state index >= 15 is 0 Å². The van der Waals surface area contributed by atoms with E-state index in [-0.39, 0.29) is 10.8 Å². The molecule has 1 nitrogen and oxygen atoms in total. The lowest BCUT2D eigenvalue weighted by molar-refractivity contribution is 0.623. The Morgan fingerprint density at radius 3 is 2.93 bits per heavy atom. The number of benzene rings is 1. The number of halogens is 2. The molecule has 0 bridgehead atoms. The molecule has 0 aliphatic carbocycles. The third-order valence-corrected chi connectivity index (χ3v) is 2.36. The maximum Gasteiger partial charge on any atom is 0.141 e. The van der Waals surface area contributed by atoms with Crippen LogP contribution in [-0.4, -0.2) is 6.54 Å². The van der Waals surface area contributed by atoms with Gasteiger partial charge in [0.05, 0.1) is 5.02 Å². The molecular formula is C12H15ClFN. The van der Waals surface area contributed by atoms with Crippen LogP contribution < -0.4 is 5.32 Å². The van der Waals surface area contributed by atoms with E-state index in [2.05, 4.69) is 11.9 Å². The fourth-order valence-electron chi connectivity index (χ4n) is 1.25. The Balaban J connectivity index is 2.31. The van der Waals surface area contributed by atoms with Crippen LogP contribution in [0.15, 0.2) is 30.9 Å². The van der Waals surface area contributed by atoms with Crippen LogP contribution in [0, 0.1) is 5.82 Å². The largest absolute Gasteiger partial charge is 0.313 e. The van der Waals surface area contributed by atoms with Gasteiger partial charge in [0.15, 0.2) is 0 Å². The predicted molar refractivity (Wildman–Crippen MR) is 62.5 cm³/mol. The van der Waals surface area contributed by atoms with Crippen molar-refractivity contribution in [1.82, 2.24) is 5.32 Å². The highest BCUT2D eigenvalue weighted by atomic mass is 35.5. The molecule has 0 aliphatic heterocycles. The monoisotopic (exact) mass is 227 g/mol. The third kappa shape index (κ3) is 4.45. The summed E-state index contributed by atoms with van der Waals surface area (Å²) in [5.41, 5.74) is 1.00. The second kappa shape index (κ2) is 6.59. The number of unbranched alkanes of at least 4 members (excludes halogenated alkanes) is 1. The van der Waals surface area contributed by atoms with Crippen molar-refractivity contribution >= 4 is 11.6 Å². The molecule has 1 aromatic rings. The van der Waals surface area contributed by atoms with E-state index in [0.29, 0.717) is 0 Å². The van der Waals surface area contributed by atoms with E-state index in [1.165, 1.54) is 6.07 Å². The van der Waals surface area contributed by atoms with Crippen LogP contribution in [0.4, 0.5) is 4.39 Å². The van der Waals surface area contributed by atoms with Gasteiger partial charge in [-0.2, -0.15) is 0 Å².